The van der Waals surface area contributed by atoms with Gasteiger partial charge in [-0.3, -0.25) is 0 Å². The van der Waals surface area contributed by atoms with Crippen molar-refractivity contribution < 1.29 is 33.7 Å². The second kappa shape index (κ2) is 9.80. The Kier molecular flexibility index (Phi) is 7.56. The molecule has 2 aromatic rings. The number of hydrogen-bond donors (Lipinski definition) is 0. The van der Waals surface area contributed by atoms with Gasteiger partial charge in [-0.25, -0.2) is 33.7 Å². The molecule has 0 radical (unpaired) electrons. The van der Waals surface area contributed by atoms with Gasteiger partial charge in [0.05, 0.1) is 44.9 Å². The Bertz CT molecular complexity index is 1450. The molecule has 2 heterocycles. The van der Waals surface area contributed by atoms with E-state index < -0.39 is 63.3 Å². The van der Waals surface area contributed by atoms with E-state index in [1.54, 1.807) is 0 Å². The maximum absolute atomic E-state index is 13.9. The summed E-state index contributed by atoms with van der Waals surface area (Å²) in [4.78, 5) is -0.651. The van der Waals surface area contributed by atoms with Gasteiger partial charge >= 0.3 is 0 Å². The molecule has 0 unspecified atom stereocenters. The van der Waals surface area contributed by atoms with Crippen LogP contribution < -0.4 is 0 Å². The van der Waals surface area contributed by atoms with Crippen molar-refractivity contribution in [2.75, 3.05) is 23.0 Å². The molecule has 0 spiro atoms. The fraction of sp³-hybridized carbons (Fsp3) is 0.400. The summed E-state index contributed by atoms with van der Waals surface area (Å²) in [6.07, 6.45) is -0.331. The number of sulfonamides is 2. The molecule has 2 aliphatic rings. The van der Waals surface area contributed by atoms with Gasteiger partial charge in [0, 0.05) is 10.0 Å². The van der Waals surface area contributed by atoms with E-state index in [0.29, 0.717) is 8.83 Å². The van der Waals surface area contributed by atoms with E-state index in [4.69, 9.17) is 23.2 Å². The van der Waals surface area contributed by atoms with Gasteiger partial charge in [0.1, 0.15) is 0 Å². The van der Waals surface area contributed by atoms with Crippen molar-refractivity contribution in [1.29, 1.82) is 0 Å². The molecular weight excluding hydrogens is 595 g/mol. The lowest BCUT2D eigenvalue weighted by molar-refractivity contribution is 0.0888. The Labute approximate surface area is 220 Å². The minimum atomic E-state index is -4.69. The second-order valence-electron chi connectivity index (χ2n) is 8.58. The third kappa shape index (κ3) is 5.60. The van der Waals surface area contributed by atoms with Crippen LogP contribution in [0.3, 0.4) is 0 Å². The summed E-state index contributed by atoms with van der Waals surface area (Å²) in [6.45, 7) is 0. The van der Waals surface area contributed by atoms with Gasteiger partial charge in [-0.1, -0.05) is 23.2 Å². The monoisotopic (exact) mass is 616 g/mol. The molecular formula is C20H22Cl2N2O8S4. The Morgan fingerprint density at radius 3 is 1.17 bits per heavy atom. The number of halogens is 2. The smallest absolute Gasteiger partial charge is 0.229 e. The number of sulfone groups is 2. The van der Waals surface area contributed by atoms with Crippen LogP contribution in [0.1, 0.15) is 12.8 Å². The summed E-state index contributed by atoms with van der Waals surface area (Å²) >= 11 is 11.8. The number of benzene rings is 2. The SMILES string of the molecule is O=S1(=O)CC[C@@H](N(N([C@@H]2CCS(=O)(=O)C2)S(=O)(=O)c2ccc(Cl)cc2)S(=O)(=O)c2ccc(Cl)cc2)C1. The van der Waals surface area contributed by atoms with Crippen LogP contribution in [0.25, 0.3) is 0 Å². The molecule has 16 heteroatoms. The standard InChI is InChI=1S/C20H22Cl2N2O8S4/c21-15-1-5-19(6-2-15)35(29,30)23(17-9-11-33(25,26)13-17)24(18-10-12-34(27,28)14-18)36(31,32)20-7-3-16(22)4-8-20/h1-8,17-18H,9-14H2/t17-,18-/m1/s1. The van der Waals surface area contributed by atoms with Gasteiger partial charge in [-0.05, 0) is 61.4 Å². The first-order valence-electron chi connectivity index (χ1n) is 10.6. The van der Waals surface area contributed by atoms with Crippen LogP contribution in [0.5, 0.6) is 0 Å². The maximum atomic E-state index is 13.9. The number of nitrogens with zero attached hydrogens (tertiary/aromatic N) is 2. The van der Waals surface area contributed by atoms with Crippen molar-refractivity contribution in [1.82, 2.24) is 8.83 Å². The van der Waals surface area contributed by atoms with E-state index >= 15 is 0 Å². The molecule has 36 heavy (non-hydrogen) atoms. The molecule has 0 saturated carbocycles. The average Bonchev–Trinajstić information content (AvgIpc) is 3.32. The van der Waals surface area contributed by atoms with Gasteiger partial charge in [0.15, 0.2) is 19.7 Å². The van der Waals surface area contributed by atoms with Crippen molar-refractivity contribution in [2.45, 2.75) is 34.7 Å². The fourth-order valence-corrected chi connectivity index (χ4v) is 11.8. The van der Waals surface area contributed by atoms with Crippen molar-refractivity contribution in [2.24, 2.45) is 0 Å². The molecule has 198 valence electrons. The van der Waals surface area contributed by atoms with Gasteiger partial charge < -0.3 is 0 Å². The van der Waals surface area contributed by atoms with E-state index in [2.05, 4.69) is 0 Å². The summed E-state index contributed by atoms with van der Waals surface area (Å²) in [6, 6.07) is 7.35. The second-order valence-corrected chi connectivity index (χ2v) is 17.5. The lowest BCUT2D eigenvalue weighted by Gasteiger charge is -2.39. The van der Waals surface area contributed by atoms with Crippen LogP contribution in [0.15, 0.2) is 58.3 Å². The molecule has 0 N–H and O–H groups in total. The first-order valence-corrected chi connectivity index (χ1v) is 17.9. The molecule has 2 atom stereocenters. The quantitative estimate of drug-likeness (QED) is 0.429. The maximum Gasteiger partial charge on any atom is 0.257 e. The molecule has 0 aliphatic carbocycles. The number of rotatable bonds is 7. The highest BCUT2D eigenvalue weighted by Crippen LogP contribution is 2.35. The molecule has 0 bridgehead atoms. The van der Waals surface area contributed by atoms with E-state index in [0.717, 1.165) is 0 Å². The molecule has 2 fully saturated rings. The number of hydrazine groups is 1. The van der Waals surface area contributed by atoms with Gasteiger partial charge in [-0.2, -0.15) is 0 Å². The topological polar surface area (TPSA) is 143 Å². The predicted octanol–water partition coefficient (Wildman–Crippen LogP) is 1.96. The molecule has 0 amide bonds. The zero-order chi connectivity index (χ0) is 26.5. The van der Waals surface area contributed by atoms with E-state index in [9.17, 15) is 33.7 Å². The van der Waals surface area contributed by atoms with Crippen LogP contribution in [-0.2, 0) is 39.7 Å². The molecule has 4 rings (SSSR count). The summed E-state index contributed by atoms with van der Waals surface area (Å²) in [5.41, 5.74) is 0. The van der Waals surface area contributed by atoms with Crippen molar-refractivity contribution in [3.63, 3.8) is 0 Å². The zero-order valence-corrected chi connectivity index (χ0v) is 23.3. The highest BCUT2D eigenvalue weighted by atomic mass is 35.5. The lowest BCUT2D eigenvalue weighted by atomic mass is 10.2. The Hall–Kier alpha value is -1.26. The highest BCUT2D eigenvalue weighted by molar-refractivity contribution is 7.93. The van der Waals surface area contributed by atoms with Crippen LogP contribution in [-0.4, -0.2) is 77.6 Å². The molecule has 2 saturated heterocycles. The van der Waals surface area contributed by atoms with Crippen LogP contribution in [0.4, 0.5) is 0 Å². The molecule has 0 aromatic heterocycles. The Morgan fingerprint density at radius 2 is 0.917 bits per heavy atom. The minimum Gasteiger partial charge on any atom is -0.229 e. The van der Waals surface area contributed by atoms with Gasteiger partial charge in [0.2, 0.25) is 0 Å². The van der Waals surface area contributed by atoms with E-state index in [-0.39, 0.29) is 44.2 Å². The van der Waals surface area contributed by atoms with E-state index in [1.165, 1.54) is 48.5 Å². The van der Waals surface area contributed by atoms with Crippen LogP contribution in [0, 0.1) is 0 Å². The predicted molar refractivity (Wildman–Crippen MR) is 135 cm³/mol. The van der Waals surface area contributed by atoms with Crippen molar-refractivity contribution in [3.8, 4) is 0 Å². The first kappa shape index (κ1) is 27.8. The molecule has 2 aromatic carbocycles. The van der Waals surface area contributed by atoms with Crippen molar-refractivity contribution >= 4 is 62.9 Å². The van der Waals surface area contributed by atoms with Crippen molar-refractivity contribution in [3.05, 3.63) is 58.6 Å². The largest absolute Gasteiger partial charge is 0.257 e. The molecule has 2 aliphatic heterocycles. The first-order chi connectivity index (χ1) is 16.6. The van der Waals surface area contributed by atoms with E-state index in [1.807, 2.05) is 0 Å². The third-order valence-electron chi connectivity index (χ3n) is 5.95. The van der Waals surface area contributed by atoms with Gasteiger partial charge in [-0.15, -0.1) is 8.83 Å². The summed E-state index contributed by atoms with van der Waals surface area (Å²) < 4.78 is 106. The molecule has 10 nitrogen and oxygen atoms in total. The Morgan fingerprint density at radius 1 is 0.611 bits per heavy atom. The normalized spacial score (nSPS) is 23.9. The van der Waals surface area contributed by atoms with Gasteiger partial charge in [0.25, 0.3) is 20.0 Å². The van der Waals surface area contributed by atoms with Crippen LogP contribution in [0.2, 0.25) is 10.0 Å². The fourth-order valence-electron chi connectivity index (χ4n) is 4.25. The lowest BCUT2D eigenvalue weighted by Crippen LogP contribution is -2.58. The highest BCUT2D eigenvalue weighted by Gasteiger charge is 2.51. The van der Waals surface area contributed by atoms with Crippen LogP contribution >= 0.6 is 23.2 Å². The summed E-state index contributed by atoms with van der Waals surface area (Å²) in [5.74, 6) is -1.93. The number of hydrogen-bond acceptors (Lipinski definition) is 8. The average molecular weight is 618 g/mol. The zero-order valence-electron chi connectivity index (χ0n) is 18.6. The summed E-state index contributed by atoms with van der Waals surface area (Å²) in [7, 11) is -16.7. The third-order valence-corrected chi connectivity index (χ3v) is 13.7. The Balaban J connectivity index is 1.95. The minimum absolute atomic E-state index is 0.165. The summed E-state index contributed by atoms with van der Waals surface area (Å²) in [5, 5.41) is 0.466.